The van der Waals surface area contributed by atoms with Crippen LogP contribution in [0, 0.1) is 0 Å². The fourth-order valence-corrected chi connectivity index (χ4v) is 4.33. The van der Waals surface area contributed by atoms with Crippen molar-refractivity contribution >= 4 is 48.1 Å². The van der Waals surface area contributed by atoms with Gasteiger partial charge in [0.05, 0.1) is 15.1 Å². The molecule has 4 rings (SSSR count). The Kier molecular flexibility index (Phi) is 3.43. The summed E-state index contributed by atoms with van der Waals surface area (Å²) < 4.78 is 32.9. The molecule has 1 heterocycles. The van der Waals surface area contributed by atoms with E-state index in [0.717, 1.165) is 21.3 Å². The number of thiazole rings is 1. The lowest BCUT2D eigenvalue weighted by molar-refractivity contribution is 0.471. The number of nitrogen functional groups attached to an aromatic ring is 1. The molecule has 0 aliphatic heterocycles. The van der Waals surface area contributed by atoms with Crippen LogP contribution in [0.1, 0.15) is 0 Å². The maximum atomic E-state index is 11.4. The van der Waals surface area contributed by atoms with Gasteiger partial charge in [-0.1, -0.05) is 12.1 Å². The Morgan fingerprint density at radius 3 is 2.56 bits per heavy atom. The molecule has 6 nitrogen and oxygen atoms in total. The molecule has 1 aromatic heterocycles. The second-order valence-corrected chi connectivity index (χ2v) is 7.99. The van der Waals surface area contributed by atoms with Crippen LogP contribution in [0.25, 0.3) is 31.6 Å². The van der Waals surface area contributed by atoms with Gasteiger partial charge >= 0.3 is 0 Å². The van der Waals surface area contributed by atoms with Gasteiger partial charge in [-0.25, -0.2) is 4.98 Å². The van der Waals surface area contributed by atoms with Gasteiger partial charge in [0.2, 0.25) is 0 Å². The van der Waals surface area contributed by atoms with Crippen LogP contribution in [0.3, 0.4) is 0 Å². The molecule has 0 spiro atoms. The molecule has 3 aromatic carbocycles. The van der Waals surface area contributed by atoms with E-state index in [1.54, 1.807) is 24.3 Å². The van der Waals surface area contributed by atoms with Crippen molar-refractivity contribution in [3.63, 3.8) is 0 Å². The summed E-state index contributed by atoms with van der Waals surface area (Å²) in [5.41, 5.74) is 7.96. The quantitative estimate of drug-likeness (QED) is 0.366. The molecule has 0 unspecified atom stereocenters. The van der Waals surface area contributed by atoms with Gasteiger partial charge in [-0.2, -0.15) is 8.42 Å². The van der Waals surface area contributed by atoms with E-state index in [1.165, 1.54) is 17.4 Å². The normalized spacial score (nSPS) is 12.0. The van der Waals surface area contributed by atoms with Crippen LogP contribution in [0.5, 0.6) is 5.75 Å². The molecule has 4 N–H and O–H groups in total. The number of fused-ring (bicyclic) bond motifs is 3. The number of aromatic nitrogens is 1. The van der Waals surface area contributed by atoms with Crippen molar-refractivity contribution in [2.45, 2.75) is 4.90 Å². The average molecular weight is 372 g/mol. The van der Waals surface area contributed by atoms with Crippen LogP contribution in [0.2, 0.25) is 0 Å². The number of rotatable bonds is 2. The second kappa shape index (κ2) is 5.41. The minimum absolute atomic E-state index is 0.217. The van der Waals surface area contributed by atoms with Crippen LogP contribution < -0.4 is 5.73 Å². The zero-order valence-corrected chi connectivity index (χ0v) is 14.3. The standard InChI is InChI=1S/C17H12N2O4S2/c18-10-3-1-2-9(6-10)17-19-14-5-4-12-13(16(14)24-17)7-11(8-15(12)20)25(21,22)23/h1-8,20H,18H2,(H,21,22,23). The number of nitrogens with zero attached hydrogens (tertiary/aromatic N) is 1. The van der Waals surface area contributed by atoms with Crippen LogP contribution in [-0.4, -0.2) is 23.1 Å². The molecule has 4 aromatic rings. The fraction of sp³-hybridized carbons (Fsp3) is 0. The summed E-state index contributed by atoms with van der Waals surface area (Å²) in [5.74, 6) is -0.217. The number of phenolic OH excluding ortho intramolecular Hbond substituents is 1. The predicted octanol–water partition coefficient (Wildman–Crippen LogP) is 3.65. The van der Waals surface area contributed by atoms with Crippen LogP contribution in [-0.2, 0) is 10.1 Å². The molecule has 0 aliphatic rings. The molecule has 0 saturated heterocycles. The average Bonchev–Trinajstić information content (AvgIpc) is 2.98. The van der Waals surface area contributed by atoms with E-state index in [4.69, 9.17) is 5.73 Å². The molecule has 126 valence electrons. The summed E-state index contributed by atoms with van der Waals surface area (Å²) in [5, 5.41) is 11.9. The summed E-state index contributed by atoms with van der Waals surface area (Å²) >= 11 is 1.36. The number of anilines is 1. The first-order valence-corrected chi connectivity index (χ1v) is 9.48. The lowest BCUT2D eigenvalue weighted by atomic mass is 10.1. The van der Waals surface area contributed by atoms with Crippen molar-refractivity contribution in [2.75, 3.05) is 5.73 Å². The summed E-state index contributed by atoms with van der Waals surface area (Å²) in [6.07, 6.45) is 0. The lowest BCUT2D eigenvalue weighted by Gasteiger charge is -2.04. The van der Waals surface area contributed by atoms with Gasteiger partial charge in [0.25, 0.3) is 10.1 Å². The third kappa shape index (κ3) is 2.70. The Labute approximate surface area is 146 Å². The molecule has 0 atom stereocenters. The molecule has 0 amide bonds. The predicted molar refractivity (Wildman–Crippen MR) is 98.5 cm³/mol. The molecule has 0 fully saturated rings. The van der Waals surface area contributed by atoms with Gasteiger partial charge in [0.1, 0.15) is 10.8 Å². The van der Waals surface area contributed by atoms with Crippen molar-refractivity contribution in [3.05, 3.63) is 48.5 Å². The Balaban J connectivity index is 2.04. The molecule has 8 heteroatoms. The largest absolute Gasteiger partial charge is 0.507 e. The molecule has 0 aliphatic carbocycles. The summed E-state index contributed by atoms with van der Waals surface area (Å²) in [6.45, 7) is 0. The van der Waals surface area contributed by atoms with E-state index in [-0.39, 0.29) is 10.6 Å². The highest BCUT2D eigenvalue weighted by Gasteiger charge is 2.17. The highest BCUT2D eigenvalue weighted by atomic mass is 32.2. The number of benzene rings is 3. The number of hydrogen-bond acceptors (Lipinski definition) is 6. The molecule has 25 heavy (non-hydrogen) atoms. The highest BCUT2D eigenvalue weighted by molar-refractivity contribution is 7.85. The SMILES string of the molecule is Nc1cccc(-c2nc3ccc4c(O)cc(S(=O)(=O)O)cc4c3s2)c1. The maximum absolute atomic E-state index is 11.4. The molecule has 0 saturated carbocycles. The number of phenols is 1. The number of hydrogen-bond donors (Lipinski definition) is 3. The van der Waals surface area contributed by atoms with Gasteiger partial charge in [0, 0.05) is 28.1 Å². The summed E-state index contributed by atoms with van der Waals surface area (Å²) in [7, 11) is -4.43. The van der Waals surface area contributed by atoms with Crippen molar-refractivity contribution in [1.29, 1.82) is 0 Å². The first-order valence-electron chi connectivity index (χ1n) is 7.22. The minimum Gasteiger partial charge on any atom is -0.507 e. The first kappa shape index (κ1) is 15.8. The lowest BCUT2D eigenvalue weighted by Crippen LogP contribution is -1.97. The van der Waals surface area contributed by atoms with Crippen molar-refractivity contribution in [1.82, 2.24) is 4.98 Å². The van der Waals surface area contributed by atoms with E-state index in [2.05, 4.69) is 4.98 Å². The molecule has 0 bridgehead atoms. The topological polar surface area (TPSA) is 114 Å². The van der Waals surface area contributed by atoms with Gasteiger partial charge in [-0.05, 0) is 30.3 Å². The van der Waals surface area contributed by atoms with E-state index in [1.807, 2.05) is 12.1 Å². The third-order valence-electron chi connectivity index (χ3n) is 3.87. The third-order valence-corrected chi connectivity index (χ3v) is 5.85. The zero-order chi connectivity index (χ0) is 17.8. The molecule has 0 radical (unpaired) electrons. The van der Waals surface area contributed by atoms with E-state index >= 15 is 0 Å². The van der Waals surface area contributed by atoms with E-state index in [9.17, 15) is 18.1 Å². The van der Waals surface area contributed by atoms with Crippen LogP contribution in [0.15, 0.2) is 53.4 Å². The Morgan fingerprint density at radius 2 is 1.84 bits per heavy atom. The van der Waals surface area contributed by atoms with E-state index < -0.39 is 10.1 Å². The van der Waals surface area contributed by atoms with Gasteiger partial charge < -0.3 is 10.8 Å². The number of aromatic hydroxyl groups is 1. The van der Waals surface area contributed by atoms with Gasteiger partial charge in [-0.15, -0.1) is 11.3 Å². The van der Waals surface area contributed by atoms with Crippen LogP contribution in [0.4, 0.5) is 5.69 Å². The molecular weight excluding hydrogens is 360 g/mol. The fourth-order valence-electron chi connectivity index (χ4n) is 2.72. The Bertz CT molecular complexity index is 1250. The first-order chi connectivity index (χ1) is 11.8. The smallest absolute Gasteiger partial charge is 0.294 e. The van der Waals surface area contributed by atoms with E-state index in [0.29, 0.717) is 22.0 Å². The zero-order valence-electron chi connectivity index (χ0n) is 12.7. The van der Waals surface area contributed by atoms with Gasteiger partial charge in [0.15, 0.2) is 0 Å². The monoisotopic (exact) mass is 372 g/mol. The van der Waals surface area contributed by atoms with Gasteiger partial charge in [-0.3, -0.25) is 4.55 Å². The second-order valence-electron chi connectivity index (χ2n) is 5.57. The van der Waals surface area contributed by atoms with Crippen molar-refractivity contribution in [2.24, 2.45) is 0 Å². The van der Waals surface area contributed by atoms with Crippen molar-refractivity contribution in [3.8, 4) is 16.3 Å². The minimum atomic E-state index is -4.43. The Hall–Kier alpha value is -2.68. The van der Waals surface area contributed by atoms with Crippen molar-refractivity contribution < 1.29 is 18.1 Å². The summed E-state index contributed by atoms with van der Waals surface area (Å²) in [6, 6.07) is 13.1. The molecular formula is C17H12N2O4S2. The summed E-state index contributed by atoms with van der Waals surface area (Å²) in [4.78, 5) is 4.21. The number of nitrogens with two attached hydrogens (primary N) is 1. The maximum Gasteiger partial charge on any atom is 0.294 e. The van der Waals surface area contributed by atoms with Crippen LogP contribution >= 0.6 is 11.3 Å². The highest BCUT2D eigenvalue weighted by Crippen LogP contribution is 2.39. The Morgan fingerprint density at radius 1 is 1.04 bits per heavy atom.